The van der Waals surface area contributed by atoms with E-state index in [0.717, 1.165) is 69.2 Å². The molecule has 1 amide bonds. The molecule has 1 aromatic heterocycles. The Hall–Kier alpha value is -2.51. The van der Waals surface area contributed by atoms with Gasteiger partial charge >= 0.3 is 0 Å². The number of hydrogen-bond donors (Lipinski definition) is 1. The smallest absolute Gasteiger partial charge is 0.237 e. The van der Waals surface area contributed by atoms with E-state index in [9.17, 15) is 4.79 Å². The van der Waals surface area contributed by atoms with Crippen LogP contribution in [0.15, 0.2) is 36.4 Å². The van der Waals surface area contributed by atoms with E-state index in [-0.39, 0.29) is 11.8 Å². The summed E-state index contributed by atoms with van der Waals surface area (Å²) in [7, 11) is 2.12. The van der Waals surface area contributed by atoms with Gasteiger partial charge in [-0.2, -0.15) is 0 Å². The van der Waals surface area contributed by atoms with Crippen LogP contribution in [0.25, 0.3) is 11.3 Å². The molecule has 2 aliphatic rings. The highest BCUT2D eigenvalue weighted by Crippen LogP contribution is 2.25. The molecule has 1 N–H and O–H groups in total. The average molecular weight is 395 g/mol. The fourth-order valence-electron chi connectivity index (χ4n) is 4.03. The normalized spacial score (nSPS) is 19.3. The lowest BCUT2D eigenvalue weighted by molar-refractivity contribution is -0.131. The molecule has 0 bridgehead atoms. The van der Waals surface area contributed by atoms with Gasteiger partial charge in [-0.25, -0.2) is 5.01 Å². The predicted molar refractivity (Wildman–Crippen MR) is 114 cm³/mol. The van der Waals surface area contributed by atoms with E-state index in [1.165, 1.54) is 5.56 Å². The molecule has 0 unspecified atom stereocenters. The van der Waals surface area contributed by atoms with Crippen molar-refractivity contribution in [2.24, 2.45) is 5.92 Å². The monoisotopic (exact) mass is 394 g/mol. The van der Waals surface area contributed by atoms with Gasteiger partial charge in [0.2, 0.25) is 5.91 Å². The third-order valence-electron chi connectivity index (χ3n) is 6.03. The van der Waals surface area contributed by atoms with Crippen molar-refractivity contribution in [3.05, 3.63) is 42.0 Å². The molecule has 7 nitrogen and oxygen atoms in total. The third kappa shape index (κ3) is 4.74. The van der Waals surface area contributed by atoms with Crippen molar-refractivity contribution in [1.29, 1.82) is 0 Å². The Labute approximate surface area is 172 Å². The van der Waals surface area contributed by atoms with Crippen LogP contribution in [0.2, 0.25) is 0 Å². The number of nitrogens with one attached hydrogen (secondary N) is 1. The lowest BCUT2D eigenvalue weighted by Crippen LogP contribution is -2.54. The van der Waals surface area contributed by atoms with E-state index in [1.807, 2.05) is 24.3 Å². The van der Waals surface area contributed by atoms with Gasteiger partial charge in [0.05, 0.1) is 5.69 Å². The highest BCUT2D eigenvalue weighted by Gasteiger charge is 2.27. The molecule has 4 rings (SSSR count). The topological polar surface area (TPSA) is 64.6 Å². The van der Waals surface area contributed by atoms with Crippen molar-refractivity contribution in [1.82, 2.24) is 25.5 Å². The summed E-state index contributed by atoms with van der Waals surface area (Å²) >= 11 is 0. The standard InChI is InChI=1S/C22H30N6O/c1-17-5-3-4-6-19(17)20-7-8-21(24-23-20)27-11-9-18(10-12-27)22(29)25-28-15-13-26(2)14-16-28/h3-8,18H,9-16H2,1-2H3,(H,25,29). The maximum atomic E-state index is 12.6. The number of aromatic nitrogens is 2. The van der Waals surface area contributed by atoms with Crippen molar-refractivity contribution < 1.29 is 4.79 Å². The van der Waals surface area contributed by atoms with Gasteiger partial charge in [0, 0.05) is 50.7 Å². The summed E-state index contributed by atoms with van der Waals surface area (Å²) in [6.45, 7) is 7.53. The Morgan fingerprint density at radius 2 is 1.69 bits per heavy atom. The minimum atomic E-state index is 0.0742. The van der Waals surface area contributed by atoms with Crippen LogP contribution in [0.1, 0.15) is 18.4 Å². The number of amides is 1. The molecule has 0 radical (unpaired) electrons. The van der Waals surface area contributed by atoms with Crippen molar-refractivity contribution in [3.8, 4) is 11.3 Å². The number of benzene rings is 1. The maximum absolute atomic E-state index is 12.6. The van der Waals surface area contributed by atoms with Gasteiger partial charge in [-0.3, -0.25) is 10.2 Å². The number of hydrogen-bond acceptors (Lipinski definition) is 6. The molecule has 0 aliphatic carbocycles. The van der Waals surface area contributed by atoms with E-state index in [4.69, 9.17) is 0 Å². The van der Waals surface area contributed by atoms with E-state index in [2.05, 4.69) is 56.5 Å². The summed E-state index contributed by atoms with van der Waals surface area (Å²) in [6, 6.07) is 12.3. The van der Waals surface area contributed by atoms with E-state index >= 15 is 0 Å². The molecule has 154 valence electrons. The first kappa shape index (κ1) is 19.8. The van der Waals surface area contributed by atoms with Crippen LogP contribution < -0.4 is 10.3 Å². The molecule has 0 spiro atoms. The van der Waals surface area contributed by atoms with Crippen LogP contribution >= 0.6 is 0 Å². The number of rotatable bonds is 4. The van der Waals surface area contributed by atoms with E-state index in [1.54, 1.807) is 0 Å². The summed E-state index contributed by atoms with van der Waals surface area (Å²) in [6.07, 6.45) is 1.70. The molecule has 2 aliphatic heterocycles. The third-order valence-corrected chi connectivity index (χ3v) is 6.03. The van der Waals surface area contributed by atoms with Crippen LogP contribution in [-0.4, -0.2) is 72.3 Å². The second-order valence-electron chi connectivity index (χ2n) is 8.12. The minimum Gasteiger partial charge on any atom is -0.355 e. The molecule has 2 saturated heterocycles. The second-order valence-corrected chi connectivity index (χ2v) is 8.12. The van der Waals surface area contributed by atoms with Crippen LogP contribution in [-0.2, 0) is 4.79 Å². The highest BCUT2D eigenvalue weighted by atomic mass is 16.2. The average Bonchev–Trinajstić information content (AvgIpc) is 2.76. The number of nitrogens with zero attached hydrogens (tertiary/aromatic N) is 5. The number of aryl methyl sites for hydroxylation is 1. The van der Waals surface area contributed by atoms with Crippen LogP contribution in [0.3, 0.4) is 0 Å². The quantitative estimate of drug-likeness (QED) is 0.855. The fraction of sp³-hybridized carbons (Fsp3) is 0.500. The Balaban J connectivity index is 1.30. The van der Waals surface area contributed by atoms with Gasteiger partial charge in [0.1, 0.15) is 0 Å². The fourth-order valence-corrected chi connectivity index (χ4v) is 4.03. The Bertz CT molecular complexity index is 823. The Morgan fingerprint density at radius 3 is 2.34 bits per heavy atom. The maximum Gasteiger partial charge on any atom is 0.237 e. The first-order chi connectivity index (χ1) is 14.1. The molecule has 2 fully saturated rings. The van der Waals surface area contributed by atoms with Crippen LogP contribution in [0, 0.1) is 12.8 Å². The lowest BCUT2D eigenvalue weighted by Gasteiger charge is -2.35. The lowest BCUT2D eigenvalue weighted by atomic mass is 9.96. The summed E-state index contributed by atoms with van der Waals surface area (Å²) in [4.78, 5) is 17.1. The zero-order chi connectivity index (χ0) is 20.2. The van der Waals surface area contributed by atoms with Gasteiger partial charge in [0.15, 0.2) is 5.82 Å². The molecule has 1 aromatic carbocycles. The van der Waals surface area contributed by atoms with Crippen LogP contribution in [0.5, 0.6) is 0 Å². The number of piperazine rings is 1. The van der Waals surface area contributed by atoms with Crippen molar-refractivity contribution >= 4 is 11.7 Å². The molecular weight excluding hydrogens is 364 g/mol. The van der Waals surface area contributed by atoms with Crippen molar-refractivity contribution in [2.45, 2.75) is 19.8 Å². The predicted octanol–water partition coefficient (Wildman–Crippen LogP) is 1.95. The van der Waals surface area contributed by atoms with Crippen molar-refractivity contribution in [2.75, 3.05) is 51.2 Å². The minimum absolute atomic E-state index is 0.0742. The summed E-state index contributed by atoms with van der Waals surface area (Å²) in [5, 5.41) is 11.0. The summed E-state index contributed by atoms with van der Waals surface area (Å²) in [5.41, 5.74) is 6.32. The molecule has 3 heterocycles. The molecule has 29 heavy (non-hydrogen) atoms. The van der Waals surface area contributed by atoms with Gasteiger partial charge < -0.3 is 9.80 Å². The molecule has 7 heteroatoms. The number of likely N-dealkylation sites (N-methyl/N-ethyl adjacent to an activating group) is 1. The van der Waals surface area contributed by atoms with Gasteiger partial charge in [-0.1, -0.05) is 24.3 Å². The number of anilines is 1. The van der Waals surface area contributed by atoms with E-state index < -0.39 is 0 Å². The summed E-state index contributed by atoms with van der Waals surface area (Å²) < 4.78 is 0. The van der Waals surface area contributed by atoms with E-state index in [0.29, 0.717) is 0 Å². The van der Waals surface area contributed by atoms with Gasteiger partial charge in [-0.05, 0) is 44.5 Å². The molecule has 2 aromatic rings. The second kappa shape index (κ2) is 8.88. The summed E-state index contributed by atoms with van der Waals surface area (Å²) in [5.74, 6) is 1.13. The first-order valence-corrected chi connectivity index (χ1v) is 10.5. The van der Waals surface area contributed by atoms with Gasteiger partial charge in [-0.15, -0.1) is 10.2 Å². The zero-order valence-corrected chi connectivity index (χ0v) is 17.3. The number of carbonyl (C=O) groups is 1. The number of hydrazine groups is 1. The number of piperidine rings is 1. The Kier molecular flexibility index (Phi) is 6.06. The van der Waals surface area contributed by atoms with Crippen LogP contribution in [0.4, 0.5) is 5.82 Å². The first-order valence-electron chi connectivity index (χ1n) is 10.5. The molecule has 0 saturated carbocycles. The zero-order valence-electron chi connectivity index (χ0n) is 17.3. The largest absolute Gasteiger partial charge is 0.355 e. The SMILES string of the molecule is Cc1ccccc1-c1ccc(N2CCC(C(=O)NN3CCN(C)CC3)CC2)nn1. The van der Waals surface area contributed by atoms with Gasteiger partial charge in [0.25, 0.3) is 0 Å². The van der Waals surface area contributed by atoms with Crippen molar-refractivity contribution in [3.63, 3.8) is 0 Å². The molecule has 0 atom stereocenters. The molecular formula is C22H30N6O. The highest BCUT2D eigenvalue weighted by molar-refractivity contribution is 5.78. The number of carbonyl (C=O) groups excluding carboxylic acids is 1. The Morgan fingerprint density at radius 1 is 0.966 bits per heavy atom.